The molecule has 21 heavy (non-hydrogen) atoms. The van der Waals surface area contributed by atoms with Crippen LogP contribution in [0.15, 0.2) is 40.7 Å². The second kappa shape index (κ2) is 5.82. The Balaban J connectivity index is 2.65. The molecule has 0 N–H and O–H groups in total. The molecule has 0 radical (unpaired) electrons. The van der Waals surface area contributed by atoms with Crippen molar-refractivity contribution in [2.45, 2.75) is 25.8 Å². The van der Waals surface area contributed by atoms with Crippen molar-refractivity contribution in [2.75, 3.05) is 7.11 Å². The molecule has 0 saturated carbocycles. The third kappa shape index (κ3) is 2.67. The average molecular weight is 289 g/mol. The van der Waals surface area contributed by atoms with E-state index in [1.165, 1.54) is 13.3 Å². The van der Waals surface area contributed by atoms with Crippen LogP contribution < -0.4 is 0 Å². The second-order valence-corrected chi connectivity index (χ2v) is 4.71. The van der Waals surface area contributed by atoms with Crippen molar-refractivity contribution >= 4 is 11.7 Å². The van der Waals surface area contributed by atoms with Gasteiger partial charge in [0.25, 0.3) is 6.04 Å². The van der Waals surface area contributed by atoms with Crippen LogP contribution in [0.25, 0.3) is 0 Å². The van der Waals surface area contributed by atoms with Crippen molar-refractivity contribution in [3.05, 3.63) is 51.5 Å². The van der Waals surface area contributed by atoms with Gasteiger partial charge in [-0.3, -0.25) is 20.1 Å². The number of ether oxygens (including phenoxy) is 1. The minimum atomic E-state index is -1.13. The fourth-order valence-electron chi connectivity index (χ4n) is 2.54. The molecule has 0 bridgehead atoms. The van der Waals surface area contributed by atoms with Gasteiger partial charge in [0.1, 0.15) is 5.92 Å². The van der Waals surface area contributed by atoms with E-state index in [1.807, 2.05) is 0 Å². The summed E-state index contributed by atoms with van der Waals surface area (Å²) >= 11 is 0. The molecule has 7 nitrogen and oxygen atoms in total. The van der Waals surface area contributed by atoms with Gasteiger partial charge in [-0.05, 0) is 26.0 Å². The second-order valence-electron chi connectivity index (χ2n) is 4.71. The zero-order valence-corrected chi connectivity index (χ0v) is 11.9. The van der Waals surface area contributed by atoms with E-state index in [1.54, 1.807) is 32.0 Å². The maximum absolute atomic E-state index is 12.0. The maximum atomic E-state index is 12.0. The van der Waals surface area contributed by atoms with Gasteiger partial charge in [0.2, 0.25) is 0 Å². The van der Waals surface area contributed by atoms with Gasteiger partial charge >= 0.3 is 5.97 Å². The third-order valence-corrected chi connectivity index (χ3v) is 3.43. The Morgan fingerprint density at radius 2 is 2.10 bits per heavy atom. The molecule has 0 aromatic carbocycles. The van der Waals surface area contributed by atoms with Gasteiger partial charge in [-0.2, -0.15) is 0 Å². The monoisotopic (exact) mass is 289 g/mol. The number of hydrogen-bond donors (Lipinski definition) is 0. The molecule has 2 heterocycles. The molecule has 2 unspecified atom stereocenters. The minimum Gasteiger partial charge on any atom is -0.466 e. The number of aliphatic imine (C=N–C) groups is 1. The van der Waals surface area contributed by atoms with Crippen LogP contribution in [-0.4, -0.2) is 34.7 Å². The normalized spacial score (nSPS) is 21.8. The van der Waals surface area contributed by atoms with E-state index in [4.69, 9.17) is 4.74 Å². The molecule has 1 aliphatic heterocycles. The van der Waals surface area contributed by atoms with Crippen molar-refractivity contribution in [3.8, 4) is 0 Å². The Kier molecular flexibility index (Phi) is 4.11. The Hall–Kier alpha value is -2.57. The van der Waals surface area contributed by atoms with Gasteiger partial charge in [0, 0.05) is 16.8 Å². The van der Waals surface area contributed by atoms with Crippen LogP contribution in [0.5, 0.6) is 0 Å². The average Bonchev–Trinajstić information content (AvgIpc) is 2.46. The molecular weight excluding hydrogens is 274 g/mol. The Morgan fingerprint density at radius 3 is 2.62 bits per heavy atom. The summed E-state index contributed by atoms with van der Waals surface area (Å²) < 4.78 is 4.76. The number of nitrogens with zero attached hydrogens (tertiary/aromatic N) is 3. The van der Waals surface area contributed by atoms with Gasteiger partial charge < -0.3 is 4.74 Å². The number of carbonyl (C=O) groups excluding carboxylic acids is 1. The fourth-order valence-corrected chi connectivity index (χ4v) is 2.54. The lowest BCUT2D eigenvalue weighted by atomic mass is 9.82. The largest absolute Gasteiger partial charge is 0.466 e. The molecule has 1 aromatic heterocycles. The molecule has 0 amide bonds. The highest BCUT2D eigenvalue weighted by atomic mass is 16.6. The highest BCUT2D eigenvalue weighted by Crippen LogP contribution is 2.35. The smallest absolute Gasteiger partial charge is 0.336 e. The van der Waals surface area contributed by atoms with Crippen LogP contribution in [0.1, 0.15) is 25.5 Å². The van der Waals surface area contributed by atoms with Crippen molar-refractivity contribution in [1.82, 2.24) is 4.98 Å². The number of esters is 1. The summed E-state index contributed by atoms with van der Waals surface area (Å²) in [6.45, 7) is 3.23. The van der Waals surface area contributed by atoms with Crippen LogP contribution in [0.2, 0.25) is 0 Å². The number of hydrogen-bond acceptors (Lipinski definition) is 6. The number of allylic oxidation sites excluding steroid dienone is 1. The van der Waals surface area contributed by atoms with E-state index >= 15 is 0 Å². The first kappa shape index (κ1) is 14.8. The number of rotatable bonds is 3. The van der Waals surface area contributed by atoms with Gasteiger partial charge in [0.05, 0.1) is 24.1 Å². The Bertz CT molecular complexity index is 637. The standard InChI is InChI=1S/C14H15N3O4/c1-8-11(14(18)21-3)12(10-6-4-5-7-15-10)13(17(19)20)9(2)16-8/h4-7,12-13H,1-3H3. The quantitative estimate of drug-likeness (QED) is 0.480. The molecule has 0 saturated heterocycles. The fraction of sp³-hybridized carbons (Fsp3) is 0.357. The van der Waals surface area contributed by atoms with E-state index in [0.717, 1.165) is 0 Å². The summed E-state index contributed by atoms with van der Waals surface area (Å²) in [4.78, 5) is 31.3. The first-order valence-electron chi connectivity index (χ1n) is 6.36. The molecule has 110 valence electrons. The number of nitro groups is 1. The van der Waals surface area contributed by atoms with Crippen LogP contribution in [0.4, 0.5) is 0 Å². The van der Waals surface area contributed by atoms with Gasteiger partial charge in [-0.15, -0.1) is 0 Å². The highest BCUT2D eigenvalue weighted by molar-refractivity contribution is 5.98. The van der Waals surface area contributed by atoms with Crippen molar-refractivity contribution < 1.29 is 14.5 Å². The van der Waals surface area contributed by atoms with Crippen molar-refractivity contribution in [1.29, 1.82) is 0 Å². The van der Waals surface area contributed by atoms with E-state index in [-0.39, 0.29) is 5.57 Å². The molecule has 1 aromatic rings. The zero-order valence-electron chi connectivity index (χ0n) is 11.9. The number of carbonyl (C=O) groups is 1. The predicted molar refractivity (Wildman–Crippen MR) is 75.6 cm³/mol. The predicted octanol–water partition coefficient (Wildman–Crippen LogP) is 1.73. The van der Waals surface area contributed by atoms with Gasteiger partial charge in [0.15, 0.2) is 0 Å². The SMILES string of the molecule is COC(=O)C1=C(C)N=C(C)C([N+](=O)[O-])C1c1ccccn1. The lowest BCUT2D eigenvalue weighted by molar-refractivity contribution is -0.505. The molecule has 1 aliphatic rings. The summed E-state index contributed by atoms with van der Waals surface area (Å²) in [5, 5.41) is 11.4. The molecule has 7 heteroatoms. The van der Waals surface area contributed by atoms with Crippen molar-refractivity contribution in [2.24, 2.45) is 4.99 Å². The first-order valence-corrected chi connectivity index (χ1v) is 6.36. The lowest BCUT2D eigenvalue weighted by Crippen LogP contribution is -2.40. The maximum Gasteiger partial charge on any atom is 0.336 e. The van der Waals surface area contributed by atoms with Crippen LogP contribution >= 0.6 is 0 Å². The van der Waals surface area contributed by atoms with Crippen molar-refractivity contribution in [3.63, 3.8) is 0 Å². The van der Waals surface area contributed by atoms with E-state index in [0.29, 0.717) is 17.1 Å². The molecule has 0 fully saturated rings. The van der Waals surface area contributed by atoms with Gasteiger partial charge in [-0.1, -0.05) is 6.07 Å². The van der Waals surface area contributed by atoms with Gasteiger partial charge in [-0.25, -0.2) is 4.79 Å². The van der Waals surface area contributed by atoms with E-state index in [2.05, 4.69) is 9.98 Å². The summed E-state index contributed by atoms with van der Waals surface area (Å²) in [6, 6.07) is 3.97. The molecule has 0 spiro atoms. The summed E-state index contributed by atoms with van der Waals surface area (Å²) in [7, 11) is 1.24. The van der Waals surface area contributed by atoms with Crippen LogP contribution in [0.3, 0.4) is 0 Å². The summed E-state index contributed by atoms with van der Waals surface area (Å²) in [5.74, 6) is -1.42. The molecular formula is C14H15N3O4. The zero-order chi connectivity index (χ0) is 15.6. The Morgan fingerprint density at radius 1 is 1.38 bits per heavy atom. The summed E-state index contributed by atoms with van der Waals surface area (Å²) in [5.41, 5.74) is 1.41. The minimum absolute atomic E-state index is 0.184. The molecule has 2 atom stereocenters. The highest BCUT2D eigenvalue weighted by Gasteiger charge is 2.45. The number of pyridine rings is 1. The van der Waals surface area contributed by atoms with E-state index < -0.39 is 22.9 Å². The Labute approximate surface area is 121 Å². The number of methoxy groups -OCH3 is 1. The van der Waals surface area contributed by atoms with Crippen LogP contribution in [-0.2, 0) is 9.53 Å². The van der Waals surface area contributed by atoms with Crippen LogP contribution in [0, 0.1) is 10.1 Å². The third-order valence-electron chi connectivity index (χ3n) is 3.43. The summed E-state index contributed by atoms with van der Waals surface area (Å²) in [6.07, 6.45) is 1.54. The topological polar surface area (TPSA) is 94.7 Å². The first-order chi connectivity index (χ1) is 9.97. The lowest BCUT2D eigenvalue weighted by Gasteiger charge is -2.26. The molecule has 2 rings (SSSR count). The number of aromatic nitrogens is 1. The van der Waals surface area contributed by atoms with E-state index in [9.17, 15) is 14.9 Å². The molecule has 0 aliphatic carbocycles.